The van der Waals surface area contributed by atoms with Gasteiger partial charge in [-0.05, 0) is 75.2 Å². The Morgan fingerprint density at radius 3 is 2.33 bits per heavy atom. The first-order valence-corrected chi connectivity index (χ1v) is 18.3. The number of carbonyl (C=O) groups is 1. The highest BCUT2D eigenvalue weighted by atomic mass is 28.4. The fraction of sp³-hybridized carbons (Fsp3) is 0.545. The normalized spacial score (nSPS) is 14.5. The molecule has 234 valence electrons. The summed E-state index contributed by atoms with van der Waals surface area (Å²) in [5.41, 5.74) is 3.52. The minimum atomic E-state index is -1.94. The number of methoxy groups -OCH3 is 2. The number of amides is 1. The van der Waals surface area contributed by atoms with E-state index in [9.17, 15) is 4.79 Å². The molecule has 10 heteroatoms. The lowest BCUT2D eigenvalue weighted by Gasteiger charge is -2.37. The lowest BCUT2D eigenvalue weighted by atomic mass is 10.1. The predicted octanol–water partition coefficient (Wildman–Crippen LogP) is 6.41. The largest absolute Gasteiger partial charge is 0.497 e. The smallest absolute Gasteiger partial charge is 0.271 e. The van der Waals surface area contributed by atoms with Crippen molar-refractivity contribution in [1.29, 1.82) is 0 Å². The zero-order chi connectivity index (χ0) is 31.0. The third-order valence-corrected chi connectivity index (χ3v) is 13.2. The number of rotatable bonds is 13. The van der Waals surface area contributed by atoms with Crippen molar-refractivity contribution >= 4 is 36.6 Å². The fourth-order valence-corrected chi connectivity index (χ4v) is 6.05. The molecule has 4 rings (SSSR count). The van der Waals surface area contributed by atoms with Crippen molar-refractivity contribution in [2.75, 3.05) is 58.5 Å². The molecule has 3 aromatic rings. The van der Waals surface area contributed by atoms with E-state index in [1.165, 1.54) is 19.3 Å². The summed E-state index contributed by atoms with van der Waals surface area (Å²) in [6.07, 6.45) is 6.35. The first-order valence-electron chi connectivity index (χ1n) is 15.4. The van der Waals surface area contributed by atoms with Crippen LogP contribution in [0.15, 0.2) is 42.6 Å². The molecule has 0 saturated carbocycles. The van der Waals surface area contributed by atoms with Crippen LogP contribution in [0.5, 0.6) is 11.5 Å². The molecule has 1 aliphatic rings. The molecule has 0 atom stereocenters. The van der Waals surface area contributed by atoms with Gasteiger partial charge in [0.05, 0.1) is 38.1 Å². The molecule has 9 nitrogen and oxygen atoms in total. The van der Waals surface area contributed by atoms with Gasteiger partial charge in [0.25, 0.3) is 5.91 Å². The van der Waals surface area contributed by atoms with Crippen LogP contribution in [0.25, 0.3) is 11.0 Å². The quantitative estimate of drug-likeness (QED) is 0.176. The number of aromatic nitrogens is 2. The van der Waals surface area contributed by atoms with Gasteiger partial charge in [0.2, 0.25) is 0 Å². The lowest BCUT2D eigenvalue weighted by molar-refractivity contribution is 0.0946. The number of fused-ring (bicyclic) bond motifs is 1. The Labute approximate surface area is 258 Å². The molecule has 1 aromatic heterocycles. The number of anilines is 2. The number of carbonyl (C=O) groups excluding carboxylic acids is 1. The summed E-state index contributed by atoms with van der Waals surface area (Å²) < 4.78 is 17.7. The fourth-order valence-electron chi connectivity index (χ4n) is 5.02. The highest BCUT2D eigenvalue weighted by Gasteiger charge is 2.37. The van der Waals surface area contributed by atoms with Crippen molar-refractivity contribution in [2.45, 2.75) is 64.6 Å². The molecule has 0 aliphatic carbocycles. The Morgan fingerprint density at radius 2 is 1.67 bits per heavy atom. The zero-order valence-electron chi connectivity index (χ0n) is 27.0. The van der Waals surface area contributed by atoms with E-state index in [-0.39, 0.29) is 10.9 Å². The van der Waals surface area contributed by atoms with Crippen LogP contribution in [0.4, 0.5) is 11.4 Å². The number of benzene rings is 2. The van der Waals surface area contributed by atoms with Gasteiger partial charge in [-0.25, -0.2) is 4.98 Å². The lowest BCUT2D eigenvalue weighted by Crippen LogP contribution is -2.42. The van der Waals surface area contributed by atoms with Gasteiger partial charge in [0.15, 0.2) is 8.32 Å². The number of ether oxygens (including phenoxy) is 2. The number of piperidine rings is 1. The van der Waals surface area contributed by atoms with Crippen LogP contribution in [-0.2, 0) is 4.43 Å². The van der Waals surface area contributed by atoms with Gasteiger partial charge in [0.1, 0.15) is 17.2 Å². The number of nitrogens with zero attached hydrogens (tertiary/aromatic N) is 4. The molecule has 2 aromatic carbocycles. The van der Waals surface area contributed by atoms with Gasteiger partial charge < -0.3 is 29.0 Å². The maximum Gasteiger partial charge on any atom is 0.271 e. The summed E-state index contributed by atoms with van der Waals surface area (Å²) in [5, 5.41) is 3.14. The van der Waals surface area contributed by atoms with Gasteiger partial charge in [0, 0.05) is 42.7 Å². The Bertz CT molecular complexity index is 1350. The average molecular weight is 608 g/mol. The Morgan fingerprint density at radius 1 is 0.977 bits per heavy atom. The predicted molar refractivity (Wildman–Crippen MR) is 176 cm³/mol. The molecule has 0 unspecified atom stereocenters. The van der Waals surface area contributed by atoms with Gasteiger partial charge in [-0.3, -0.25) is 9.78 Å². The first kappa shape index (κ1) is 32.7. The standard InChI is InChI=1S/C33H49N5O4Si/c1-33(2,3)43(6,7)42-19-18-38(26-20-27(40-4)23-28(21-26)41-5)25-12-13-29-30(22-25)36-31(24-35-29)32(39)34-14-11-17-37-15-9-8-10-16-37/h12-13,20-24H,8-11,14-19H2,1-7H3,(H,34,39). The molecule has 0 radical (unpaired) electrons. The van der Waals surface area contributed by atoms with E-state index in [0.717, 1.165) is 42.9 Å². The SMILES string of the molecule is COc1cc(OC)cc(N(CCO[Si](C)(C)C(C)(C)C)c2ccc3ncc(C(=O)NCCCN4CCCCC4)nc3c2)c1. The summed E-state index contributed by atoms with van der Waals surface area (Å²) in [4.78, 5) is 26.9. The van der Waals surface area contributed by atoms with Gasteiger partial charge in [-0.15, -0.1) is 0 Å². The van der Waals surface area contributed by atoms with E-state index in [1.54, 1.807) is 20.4 Å². The summed E-state index contributed by atoms with van der Waals surface area (Å²) in [5.74, 6) is 1.20. The van der Waals surface area contributed by atoms with Crippen LogP contribution in [-0.4, -0.2) is 82.6 Å². The first-order chi connectivity index (χ1) is 20.5. The van der Waals surface area contributed by atoms with Crippen molar-refractivity contribution in [2.24, 2.45) is 0 Å². The van der Waals surface area contributed by atoms with E-state index < -0.39 is 8.32 Å². The molecule has 1 fully saturated rings. The average Bonchev–Trinajstić information content (AvgIpc) is 3.00. The molecule has 0 bridgehead atoms. The van der Waals surface area contributed by atoms with E-state index in [4.69, 9.17) is 18.9 Å². The van der Waals surface area contributed by atoms with Gasteiger partial charge in [-0.2, -0.15) is 0 Å². The second-order valence-electron chi connectivity index (χ2n) is 12.8. The third-order valence-electron chi connectivity index (χ3n) is 8.69. The molecule has 1 N–H and O–H groups in total. The number of likely N-dealkylation sites (tertiary alicyclic amines) is 1. The van der Waals surface area contributed by atoms with Gasteiger partial charge >= 0.3 is 0 Å². The highest BCUT2D eigenvalue weighted by Crippen LogP contribution is 2.37. The van der Waals surface area contributed by atoms with Crippen molar-refractivity contribution < 1.29 is 18.7 Å². The van der Waals surface area contributed by atoms with E-state index in [2.05, 4.69) is 54.0 Å². The summed E-state index contributed by atoms with van der Waals surface area (Å²) in [7, 11) is 1.35. The van der Waals surface area contributed by atoms with Crippen LogP contribution in [0.1, 0.15) is 56.9 Å². The van der Waals surface area contributed by atoms with Crippen LogP contribution in [0.3, 0.4) is 0 Å². The molecular weight excluding hydrogens is 558 g/mol. The van der Waals surface area contributed by atoms with E-state index >= 15 is 0 Å². The summed E-state index contributed by atoms with van der Waals surface area (Å²) >= 11 is 0. The number of hydrogen-bond donors (Lipinski definition) is 1. The molecule has 43 heavy (non-hydrogen) atoms. The highest BCUT2D eigenvalue weighted by molar-refractivity contribution is 6.74. The second-order valence-corrected chi connectivity index (χ2v) is 17.6. The molecule has 0 spiro atoms. The van der Waals surface area contributed by atoms with E-state index in [0.29, 0.717) is 42.4 Å². The Balaban J connectivity index is 1.55. The summed E-state index contributed by atoms with van der Waals surface area (Å²) in [6.45, 7) is 16.4. The van der Waals surface area contributed by atoms with Crippen LogP contribution in [0.2, 0.25) is 18.1 Å². The van der Waals surface area contributed by atoms with Crippen molar-refractivity contribution in [3.63, 3.8) is 0 Å². The van der Waals surface area contributed by atoms with Crippen LogP contribution in [0, 0.1) is 0 Å². The van der Waals surface area contributed by atoms with E-state index in [1.807, 2.05) is 36.4 Å². The maximum absolute atomic E-state index is 13.0. The Hall–Kier alpha value is -3.21. The van der Waals surface area contributed by atoms with Crippen LogP contribution < -0.4 is 19.7 Å². The minimum Gasteiger partial charge on any atom is -0.497 e. The molecular formula is C33H49N5O4Si. The zero-order valence-corrected chi connectivity index (χ0v) is 28.0. The molecule has 1 amide bonds. The van der Waals surface area contributed by atoms with Crippen molar-refractivity contribution in [3.8, 4) is 11.5 Å². The monoisotopic (exact) mass is 607 g/mol. The van der Waals surface area contributed by atoms with Gasteiger partial charge in [-0.1, -0.05) is 27.2 Å². The molecule has 1 saturated heterocycles. The molecule has 2 heterocycles. The van der Waals surface area contributed by atoms with Crippen molar-refractivity contribution in [3.05, 3.63) is 48.3 Å². The Kier molecular flexibility index (Phi) is 11.0. The maximum atomic E-state index is 13.0. The number of hydrogen-bond acceptors (Lipinski definition) is 8. The number of nitrogens with one attached hydrogen (secondary N) is 1. The van der Waals surface area contributed by atoms with Crippen LogP contribution >= 0.6 is 0 Å². The second kappa shape index (κ2) is 14.5. The topological polar surface area (TPSA) is 89.0 Å². The minimum absolute atomic E-state index is 0.111. The molecule has 1 aliphatic heterocycles. The summed E-state index contributed by atoms with van der Waals surface area (Å²) in [6, 6.07) is 11.8. The van der Waals surface area contributed by atoms with Crippen molar-refractivity contribution in [1.82, 2.24) is 20.2 Å². The third kappa shape index (κ3) is 8.67.